The van der Waals surface area contributed by atoms with E-state index in [2.05, 4.69) is 5.32 Å². The number of carbonyl (C=O) groups excluding carboxylic acids is 1. The number of ether oxygens (including phenoxy) is 1. The van der Waals surface area contributed by atoms with E-state index in [0.717, 1.165) is 12.8 Å². The molecule has 0 aromatic heterocycles. The Morgan fingerprint density at radius 1 is 1.33 bits per heavy atom. The molecule has 1 aromatic carbocycles. The molecule has 5 heteroatoms. The van der Waals surface area contributed by atoms with Gasteiger partial charge in [-0.05, 0) is 25.0 Å². The molecule has 0 spiro atoms. The largest absolute Gasteiger partial charge is 0.497 e. The number of rotatable bonds is 8. The van der Waals surface area contributed by atoms with Crippen molar-refractivity contribution in [2.75, 3.05) is 13.7 Å². The maximum atomic E-state index is 13.8. The van der Waals surface area contributed by atoms with Crippen LogP contribution in [0.15, 0.2) is 18.2 Å². The molecule has 0 fully saturated rings. The van der Waals surface area contributed by atoms with Gasteiger partial charge in [0.1, 0.15) is 11.6 Å². The van der Waals surface area contributed by atoms with Gasteiger partial charge in [-0.15, -0.1) is 0 Å². The van der Waals surface area contributed by atoms with Crippen molar-refractivity contribution in [3.63, 3.8) is 0 Å². The second-order valence-electron chi connectivity index (χ2n) is 5.25. The summed E-state index contributed by atoms with van der Waals surface area (Å²) < 4.78 is 18.7. The molecule has 118 valence electrons. The molecule has 0 aliphatic rings. The van der Waals surface area contributed by atoms with Gasteiger partial charge < -0.3 is 15.2 Å². The number of halogens is 1. The van der Waals surface area contributed by atoms with Crippen LogP contribution in [0.1, 0.15) is 49.9 Å². The molecule has 1 aromatic rings. The molecule has 0 atom stereocenters. The van der Waals surface area contributed by atoms with Gasteiger partial charge in [-0.1, -0.05) is 26.7 Å². The Hall–Kier alpha value is -1.62. The van der Waals surface area contributed by atoms with Crippen molar-refractivity contribution < 1.29 is 19.0 Å². The van der Waals surface area contributed by atoms with Crippen LogP contribution in [0.3, 0.4) is 0 Å². The van der Waals surface area contributed by atoms with Crippen molar-refractivity contribution in [3.8, 4) is 5.75 Å². The normalized spacial score (nSPS) is 11.3. The first-order chi connectivity index (χ1) is 9.95. The Kier molecular flexibility index (Phi) is 6.62. The molecule has 21 heavy (non-hydrogen) atoms. The molecule has 0 radical (unpaired) electrons. The van der Waals surface area contributed by atoms with Gasteiger partial charge in [0.2, 0.25) is 0 Å². The van der Waals surface area contributed by atoms with Crippen molar-refractivity contribution in [3.05, 3.63) is 29.6 Å². The summed E-state index contributed by atoms with van der Waals surface area (Å²) in [5.74, 6) is -0.806. The lowest BCUT2D eigenvalue weighted by Crippen LogP contribution is -2.43. The van der Waals surface area contributed by atoms with E-state index in [9.17, 15) is 14.3 Å². The van der Waals surface area contributed by atoms with Crippen molar-refractivity contribution in [1.29, 1.82) is 0 Å². The second kappa shape index (κ2) is 7.98. The number of benzene rings is 1. The molecule has 4 nitrogen and oxygen atoms in total. The molecular formula is C16H24FNO3. The standard InChI is InChI=1S/C16H24FNO3/c1-4-8-16(20,9-5-2)11-18-15(19)13-7-6-12(21-3)10-14(13)17/h6-7,10,20H,4-5,8-9,11H2,1-3H3,(H,18,19). The molecule has 0 saturated carbocycles. The number of carbonyl (C=O) groups is 1. The molecule has 0 aliphatic carbocycles. The van der Waals surface area contributed by atoms with E-state index in [-0.39, 0.29) is 12.1 Å². The highest BCUT2D eigenvalue weighted by Crippen LogP contribution is 2.20. The zero-order valence-corrected chi connectivity index (χ0v) is 12.9. The van der Waals surface area contributed by atoms with Gasteiger partial charge in [0.05, 0.1) is 18.3 Å². The minimum absolute atomic E-state index is 0.0499. The minimum atomic E-state index is -0.928. The SMILES string of the molecule is CCCC(O)(CCC)CNC(=O)c1ccc(OC)cc1F. The smallest absolute Gasteiger partial charge is 0.254 e. The van der Waals surface area contributed by atoms with Crippen molar-refractivity contribution in [1.82, 2.24) is 5.32 Å². The topological polar surface area (TPSA) is 58.6 Å². The molecule has 1 amide bonds. The summed E-state index contributed by atoms with van der Waals surface area (Å²) in [6.07, 6.45) is 2.85. The van der Waals surface area contributed by atoms with Gasteiger partial charge in [-0.3, -0.25) is 4.79 Å². The molecule has 0 saturated heterocycles. The highest BCUT2D eigenvalue weighted by molar-refractivity contribution is 5.94. The Labute approximate surface area is 125 Å². The maximum Gasteiger partial charge on any atom is 0.254 e. The summed E-state index contributed by atoms with van der Waals surface area (Å²) in [5.41, 5.74) is -0.978. The van der Waals surface area contributed by atoms with Crippen molar-refractivity contribution >= 4 is 5.91 Å². The van der Waals surface area contributed by atoms with Crippen LogP contribution in [0.25, 0.3) is 0 Å². The number of hydrogen-bond acceptors (Lipinski definition) is 3. The van der Waals surface area contributed by atoms with E-state index in [1.54, 1.807) is 0 Å². The molecule has 0 heterocycles. The van der Waals surface area contributed by atoms with E-state index in [1.165, 1.54) is 25.3 Å². The lowest BCUT2D eigenvalue weighted by atomic mass is 9.92. The average Bonchev–Trinajstić information content (AvgIpc) is 2.45. The summed E-state index contributed by atoms with van der Waals surface area (Å²) in [5, 5.41) is 13.0. The Morgan fingerprint density at radius 2 is 1.95 bits per heavy atom. The number of hydrogen-bond donors (Lipinski definition) is 2. The molecule has 0 bridgehead atoms. The number of aliphatic hydroxyl groups is 1. The van der Waals surface area contributed by atoms with Crippen LogP contribution < -0.4 is 10.1 Å². The summed E-state index contributed by atoms with van der Waals surface area (Å²) in [7, 11) is 1.43. The monoisotopic (exact) mass is 297 g/mol. The average molecular weight is 297 g/mol. The van der Waals surface area contributed by atoms with Gasteiger partial charge in [-0.25, -0.2) is 4.39 Å². The number of amides is 1. The molecule has 1 rings (SSSR count). The molecule has 0 aliphatic heterocycles. The number of nitrogens with one attached hydrogen (secondary N) is 1. The fraction of sp³-hybridized carbons (Fsp3) is 0.562. The molecule has 0 unspecified atom stereocenters. The van der Waals surface area contributed by atoms with E-state index in [0.29, 0.717) is 18.6 Å². The predicted octanol–water partition coefficient (Wildman–Crippen LogP) is 2.90. The van der Waals surface area contributed by atoms with Crippen LogP contribution in [-0.2, 0) is 0 Å². The highest BCUT2D eigenvalue weighted by atomic mass is 19.1. The first-order valence-corrected chi connectivity index (χ1v) is 7.30. The third kappa shape index (κ3) is 5.01. The van der Waals surface area contributed by atoms with Gasteiger partial charge in [0.15, 0.2) is 0 Å². The van der Waals surface area contributed by atoms with Gasteiger partial charge >= 0.3 is 0 Å². The number of methoxy groups -OCH3 is 1. The summed E-state index contributed by atoms with van der Waals surface area (Å²) in [6, 6.07) is 4.07. The highest BCUT2D eigenvalue weighted by Gasteiger charge is 2.26. The molecular weight excluding hydrogens is 273 g/mol. The van der Waals surface area contributed by atoms with Gasteiger partial charge in [-0.2, -0.15) is 0 Å². The lowest BCUT2D eigenvalue weighted by Gasteiger charge is -2.27. The van der Waals surface area contributed by atoms with Crippen LogP contribution in [0.5, 0.6) is 5.75 Å². The summed E-state index contributed by atoms with van der Waals surface area (Å²) in [4.78, 5) is 12.0. The zero-order valence-electron chi connectivity index (χ0n) is 12.9. The second-order valence-corrected chi connectivity index (χ2v) is 5.25. The third-order valence-corrected chi connectivity index (χ3v) is 3.43. The first-order valence-electron chi connectivity index (χ1n) is 7.30. The quantitative estimate of drug-likeness (QED) is 0.775. The minimum Gasteiger partial charge on any atom is -0.497 e. The van der Waals surface area contributed by atoms with Crippen LogP contribution in [0, 0.1) is 5.82 Å². The third-order valence-electron chi connectivity index (χ3n) is 3.43. The van der Waals surface area contributed by atoms with Crippen LogP contribution in [-0.4, -0.2) is 30.3 Å². The first kappa shape index (κ1) is 17.4. The summed E-state index contributed by atoms with van der Waals surface area (Å²) in [6.45, 7) is 4.08. The Balaban J connectivity index is 2.72. The van der Waals surface area contributed by atoms with Crippen molar-refractivity contribution in [2.45, 2.75) is 45.1 Å². The van der Waals surface area contributed by atoms with Gasteiger partial charge in [0.25, 0.3) is 5.91 Å². The van der Waals surface area contributed by atoms with E-state index in [4.69, 9.17) is 4.74 Å². The fourth-order valence-electron chi connectivity index (χ4n) is 2.38. The van der Waals surface area contributed by atoms with E-state index in [1.807, 2.05) is 13.8 Å². The molecule has 2 N–H and O–H groups in total. The Morgan fingerprint density at radius 3 is 2.43 bits per heavy atom. The fourth-order valence-corrected chi connectivity index (χ4v) is 2.38. The van der Waals surface area contributed by atoms with Crippen molar-refractivity contribution in [2.24, 2.45) is 0 Å². The van der Waals surface area contributed by atoms with Crippen LogP contribution in [0.4, 0.5) is 4.39 Å². The predicted molar refractivity (Wildman–Crippen MR) is 80.1 cm³/mol. The maximum absolute atomic E-state index is 13.8. The Bertz CT molecular complexity index is 471. The van der Waals surface area contributed by atoms with Gasteiger partial charge in [0, 0.05) is 12.6 Å². The zero-order chi connectivity index (χ0) is 15.9. The van der Waals surface area contributed by atoms with E-state index >= 15 is 0 Å². The lowest BCUT2D eigenvalue weighted by molar-refractivity contribution is 0.0212. The van der Waals surface area contributed by atoms with Crippen LogP contribution >= 0.6 is 0 Å². The summed E-state index contributed by atoms with van der Waals surface area (Å²) >= 11 is 0. The van der Waals surface area contributed by atoms with E-state index < -0.39 is 17.3 Å². The van der Waals surface area contributed by atoms with Crippen LogP contribution in [0.2, 0.25) is 0 Å².